The summed E-state index contributed by atoms with van der Waals surface area (Å²) in [6.45, 7) is -0.534. The van der Waals surface area contributed by atoms with Gasteiger partial charge in [0.15, 0.2) is 11.6 Å². The summed E-state index contributed by atoms with van der Waals surface area (Å²) in [6, 6.07) is 6.03. The molecule has 6 heteroatoms. The van der Waals surface area contributed by atoms with E-state index in [0.29, 0.717) is 11.1 Å². The van der Waals surface area contributed by atoms with Gasteiger partial charge in [0, 0.05) is 0 Å². The minimum Gasteiger partial charge on any atom is -0.480 e. The highest BCUT2D eigenvalue weighted by molar-refractivity contribution is 5.78. The van der Waals surface area contributed by atoms with Gasteiger partial charge in [-0.25, -0.2) is 4.79 Å². The van der Waals surface area contributed by atoms with Gasteiger partial charge in [-0.2, -0.15) is 4.98 Å². The number of aliphatic carboxylic acids is 1. The third-order valence-electron chi connectivity index (χ3n) is 2.07. The quantitative estimate of drug-likeness (QED) is 0.704. The summed E-state index contributed by atoms with van der Waals surface area (Å²) in [4.78, 5) is 14.7. The molecule has 1 aromatic heterocycles. The lowest BCUT2D eigenvalue weighted by Gasteiger charge is -2.08. The highest BCUT2D eigenvalue weighted by Gasteiger charge is 2.18. The second-order valence-electron chi connectivity index (χ2n) is 3.20. The molecule has 0 unspecified atom stereocenters. The van der Waals surface area contributed by atoms with Crippen LogP contribution in [0.4, 0.5) is 6.01 Å². The summed E-state index contributed by atoms with van der Waals surface area (Å²) in [6.07, 6.45) is 0. The first kappa shape index (κ1) is 10.4. The van der Waals surface area contributed by atoms with Gasteiger partial charge in [0.1, 0.15) is 5.52 Å². The minimum atomic E-state index is -1.16. The zero-order chi connectivity index (χ0) is 11.5. The van der Waals surface area contributed by atoms with E-state index in [1.54, 1.807) is 24.3 Å². The van der Waals surface area contributed by atoms with Crippen LogP contribution in [0.15, 0.2) is 28.7 Å². The standard InChI is InChI=1S/C10H10N2O4/c13-5-7(9(14)15)12-10-11-6-3-1-2-4-8(6)16-10/h1-4,7,13H,5H2,(H,11,12)(H,14,15)/t7-/m0/s1. The van der Waals surface area contributed by atoms with Crippen LogP contribution in [0.2, 0.25) is 0 Å². The van der Waals surface area contributed by atoms with Crippen molar-refractivity contribution in [2.24, 2.45) is 0 Å². The van der Waals surface area contributed by atoms with E-state index in [4.69, 9.17) is 14.6 Å². The number of carboxylic acid groups (broad SMARTS) is 1. The topological polar surface area (TPSA) is 95.6 Å². The maximum absolute atomic E-state index is 10.7. The van der Waals surface area contributed by atoms with Crippen LogP contribution in [0.5, 0.6) is 0 Å². The summed E-state index contributed by atoms with van der Waals surface area (Å²) >= 11 is 0. The molecule has 3 N–H and O–H groups in total. The van der Waals surface area contributed by atoms with Gasteiger partial charge in [-0.05, 0) is 12.1 Å². The lowest BCUT2D eigenvalue weighted by atomic mass is 10.3. The molecule has 0 aliphatic carbocycles. The highest BCUT2D eigenvalue weighted by Crippen LogP contribution is 2.18. The molecule has 1 atom stereocenters. The number of oxazole rings is 1. The first-order chi connectivity index (χ1) is 7.70. The highest BCUT2D eigenvalue weighted by atomic mass is 16.4. The Hall–Kier alpha value is -2.08. The Balaban J connectivity index is 2.24. The largest absolute Gasteiger partial charge is 0.480 e. The van der Waals surface area contributed by atoms with Gasteiger partial charge in [-0.3, -0.25) is 0 Å². The normalized spacial score (nSPS) is 12.6. The van der Waals surface area contributed by atoms with Crippen LogP contribution >= 0.6 is 0 Å². The van der Waals surface area contributed by atoms with E-state index in [2.05, 4.69) is 10.3 Å². The Labute approximate surface area is 90.5 Å². The number of benzene rings is 1. The maximum Gasteiger partial charge on any atom is 0.328 e. The molecule has 6 nitrogen and oxygen atoms in total. The SMILES string of the molecule is O=C(O)[C@H](CO)Nc1nc2ccccc2o1. The summed E-state index contributed by atoms with van der Waals surface area (Å²) in [5.41, 5.74) is 1.19. The van der Waals surface area contributed by atoms with Gasteiger partial charge in [-0.1, -0.05) is 12.1 Å². The van der Waals surface area contributed by atoms with Crippen molar-refractivity contribution in [1.29, 1.82) is 0 Å². The Morgan fingerprint density at radius 1 is 1.50 bits per heavy atom. The number of nitrogens with zero attached hydrogens (tertiary/aromatic N) is 1. The molecule has 0 aliphatic rings. The number of nitrogens with one attached hydrogen (secondary N) is 1. The Kier molecular flexibility index (Phi) is 2.74. The number of aliphatic hydroxyl groups is 1. The van der Waals surface area contributed by atoms with Crippen molar-refractivity contribution in [3.05, 3.63) is 24.3 Å². The van der Waals surface area contributed by atoms with Crippen LogP contribution in [-0.2, 0) is 4.79 Å². The monoisotopic (exact) mass is 222 g/mol. The van der Waals surface area contributed by atoms with E-state index in [0.717, 1.165) is 0 Å². The lowest BCUT2D eigenvalue weighted by molar-refractivity contribution is -0.138. The Bertz CT molecular complexity index is 475. The smallest absolute Gasteiger partial charge is 0.328 e. The second-order valence-corrected chi connectivity index (χ2v) is 3.20. The number of rotatable bonds is 4. The number of fused-ring (bicyclic) bond motifs is 1. The molecule has 84 valence electrons. The second kappa shape index (κ2) is 4.19. The number of anilines is 1. The van der Waals surface area contributed by atoms with Gasteiger partial charge >= 0.3 is 5.97 Å². The zero-order valence-corrected chi connectivity index (χ0v) is 8.25. The lowest BCUT2D eigenvalue weighted by Crippen LogP contribution is -2.32. The number of para-hydroxylation sites is 2. The van der Waals surface area contributed by atoms with Crippen LogP contribution < -0.4 is 5.32 Å². The van der Waals surface area contributed by atoms with E-state index < -0.39 is 18.6 Å². The van der Waals surface area contributed by atoms with E-state index in [-0.39, 0.29) is 6.01 Å². The van der Waals surface area contributed by atoms with Crippen LogP contribution in [0.3, 0.4) is 0 Å². The van der Waals surface area contributed by atoms with Crippen molar-refractivity contribution in [3.8, 4) is 0 Å². The molecule has 0 fully saturated rings. The number of carbonyl (C=O) groups is 1. The molecule has 1 aromatic carbocycles. The van der Waals surface area contributed by atoms with Crippen LogP contribution in [0, 0.1) is 0 Å². The Morgan fingerprint density at radius 3 is 2.88 bits per heavy atom. The van der Waals surface area contributed by atoms with Crippen molar-refractivity contribution >= 4 is 23.1 Å². The molecule has 0 saturated carbocycles. The minimum absolute atomic E-state index is 0.0858. The number of hydrogen-bond donors (Lipinski definition) is 3. The van der Waals surface area contributed by atoms with Gasteiger partial charge in [0.2, 0.25) is 0 Å². The average molecular weight is 222 g/mol. The van der Waals surface area contributed by atoms with Gasteiger partial charge in [0.05, 0.1) is 6.61 Å². The molecule has 0 spiro atoms. The maximum atomic E-state index is 10.7. The molecular formula is C10H10N2O4. The van der Waals surface area contributed by atoms with Gasteiger partial charge < -0.3 is 19.9 Å². The van der Waals surface area contributed by atoms with Gasteiger partial charge in [-0.15, -0.1) is 0 Å². The number of aromatic nitrogens is 1. The Morgan fingerprint density at radius 2 is 2.25 bits per heavy atom. The summed E-state index contributed by atoms with van der Waals surface area (Å²) in [7, 11) is 0. The van der Waals surface area contributed by atoms with Crippen molar-refractivity contribution in [1.82, 2.24) is 4.98 Å². The van der Waals surface area contributed by atoms with E-state index in [1.807, 2.05) is 0 Å². The molecule has 0 radical (unpaired) electrons. The number of hydrogen-bond acceptors (Lipinski definition) is 5. The predicted octanol–water partition coefficient (Wildman–Crippen LogP) is 0.685. The average Bonchev–Trinajstić information content (AvgIpc) is 2.67. The third-order valence-corrected chi connectivity index (χ3v) is 2.07. The zero-order valence-electron chi connectivity index (χ0n) is 8.25. The summed E-state index contributed by atoms with van der Waals surface area (Å²) < 4.78 is 5.25. The fourth-order valence-electron chi connectivity index (χ4n) is 1.27. The summed E-state index contributed by atoms with van der Waals surface area (Å²) in [5.74, 6) is -1.16. The van der Waals surface area contributed by atoms with E-state index in [9.17, 15) is 4.79 Å². The molecule has 0 amide bonds. The number of carboxylic acids is 1. The molecular weight excluding hydrogens is 212 g/mol. The first-order valence-electron chi connectivity index (χ1n) is 4.66. The summed E-state index contributed by atoms with van der Waals surface area (Å²) in [5, 5.41) is 20.0. The fourth-order valence-corrected chi connectivity index (χ4v) is 1.27. The van der Waals surface area contributed by atoms with Crippen molar-refractivity contribution in [2.45, 2.75) is 6.04 Å². The molecule has 0 bridgehead atoms. The van der Waals surface area contributed by atoms with Crippen molar-refractivity contribution in [2.75, 3.05) is 11.9 Å². The van der Waals surface area contributed by atoms with Crippen molar-refractivity contribution < 1.29 is 19.4 Å². The predicted molar refractivity (Wildman–Crippen MR) is 56.1 cm³/mol. The molecule has 2 rings (SSSR count). The molecule has 2 aromatic rings. The van der Waals surface area contributed by atoms with Crippen LogP contribution in [0.1, 0.15) is 0 Å². The van der Waals surface area contributed by atoms with Gasteiger partial charge in [0.25, 0.3) is 6.01 Å². The fraction of sp³-hybridized carbons (Fsp3) is 0.200. The van der Waals surface area contributed by atoms with E-state index in [1.165, 1.54) is 0 Å². The first-order valence-corrected chi connectivity index (χ1v) is 4.66. The molecule has 16 heavy (non-hydrogen) atoms. The molecule has 1 heterocycles. The van der Waals surface area contributed by atoms with E-state index >= 15 is 0 Å². The molecule has 0 saturated heterocycles. The van der Waals surface area contributed by atoms with Crippen molar-refractivity contribution in [3.63, 3.8) is 0 Å². The van der Waals surface area contributed by atoms with Crippen LogP contribution in [0.25, 0.3) is 11.1 Å². The third kappa shape index (κ3) is 1.96. The molecule has 0 aliphatic heterocycles. The number of aliphatic hydroxyl groups excluding tert-OH is 1. The van der Waals surface area contributed by atoms with Crippen LogP contribution in [-0.4, -0.2) is 33.8 Å².